The lowest BCUT2D eigenvalue weighted by Gasteiger charge is -2.40. The van der Waals surface area contributed by atoms with Crippen LogP contribution in [0.3, 0.4) is 0 Å². The summed E-state index contributed by atoms with van der Waals surface area (Å²) in [6.07, 6.45) is -5.48. The molecule has 1 fully saturated rings. The van der Waals surface area contributed by atoms with Crippen molar-refractivity contribution in [3.63, 3.8) is 0 Å². The highest BCUT2D eigenvalue weighted by Gasteiger charge is 2.43. The molecule has 0 radical (unpaired) electrons. The summed E-state index contributed by atoms with van der Waals surface area (Å²) < 4.78 is 9.74. The van der Waals surface area contributed by atoms with Crippen LogP contribution in [0, 0.1) is 0 Å². The molecule has 8 heteroatoms. The van der Waals surface area contributed by atoms with E-state index in [1.807, 2.05) is 0 Å². The highest BCUT2D eigenvalue weighted by atomic mass is 16.5. The Morgan fingerprint density at radius 1 is 1.26 bits per heavy atom. The fourth-order valence-electron chi connectivity index (χ4n) is 2.03. The van der Waals surface area contributed by atoms with E-state index in [-0.39, 0.29) is 12.8 Å². The Labute approximate surface area is 110 Å². The van der Waals surface area contributed by atoms with E-state index >= 15 is 0 Å². The third kappa shape index (κ3) is 3.85. The van der Waals surface area contributed by atoms with Crippen LogP contribution in [0.1, 0.15) is 12.8 Å². The van der Waals surface area contributed by atoms with Crippen molar-refractivity contribution in [3.05, 3.63) is 0 Å². The molecule has 1 heterocycles. The van der Waals surface area contributed by atoms with E-state index in [2.05, 4.69) is 4.74 Å². The van der Waals surface area contributed by atoms with Crippen LogP contribution in [0.4, 0.5) is 0 Å². The molecule has 0 bridgehead atoms. The Morgan fingerprint density at radius 2 is 1.84 bits per heavy atom. The molecular formula is C11H21NO7. The summed E-state index contributed by atoms with van der Waals surface area (Å²) in [6.45, 7) is -0.482. The maximum Gasteiger partial charge on any atom is 0.322 e. The van der Waals surface area contributed by atoms with Crippen LogP contribution in [-0.2, 0) is 14.3 Å². The molecule has 1 rings (SSSR count). The zero-order valence-corrected chi connectivity index (χ0v) is 10.7. The van der Waals surface area contributed by atoms with Crippen LogP contribution >= 0.6 is 0 Å². The molecule has 0 aromatic carbocycles. The average Bonchev–Trinajstić information content (AvgIpc) is 2.42. The predicted octanol–water partition coefficient (Wildman–Crippen LogP) is -2.89. The van der Waals surface area contributed by atoms with Crippen molar-refractivity contribution in [3.8, 4) is 0 Å². The van der Waals surface area contributed by atoms with Crippen molar-refractivity contribution in [1.29, 1.82) is 0 Å². The summed E-state index contributed by atoms with van der Waals surface area (Å²) in [5, 5.41) is 37.9. The van der Waals surface area contributed by atoms with E-state index in [1.54, 1.807) is 0 Å². The summed E-state index contributed by atoms with van der Waals surface area (Å²) in [4.78, 5) is 11.1. The Bertz CT molecular complexity index is 299. The largest absolute Gasteiger partial charge is 0.468 e. The number of ether oxygens (including phenoxy) is 2. The zero-order valence-electron chi connectivity index (χ0n) is 10.7. The van der Waals surface area contributed by atoms with Gasteiger partial charge in [-0.3, -0.25) is 4.79 Å². The second-order valence-electron chi connectivity index (χ2n) is 4.57. The number of hydrogen-bond donors (Lipinski definition) is 5. The Morgan fingerprint density at radius 3 is 2.37 bits per heavy atom. The van der Waals surface area contributed by atoms with Crippen LogP contribution in [0.25, 0.3) is 0 Å². The Hall–Kier alpha value is -0.770. The third-order valence-electron chi connectivity index (χ3n) is 3.26. The molecule has 0 unspecified atom stereocenters. The van der Waals surface area contributed by atoms with Crippen molar-refractivity contribution < 1.29 is 34.7 Å². The number of rotatable bonds is 5. The molecule has 1 aliphatic rings. The average molecular weight is 279 g/mol. The van der Waals surface area contributed by atoms with Crippen LogP contribution in [0.5, 0.6) is 0 Å². The van der Waals surface area contributed by atoms with Crippen molar-refractivity contribution in [1.82, 2.24) is 0 Å². The van der Waals surface area contributed by atoms with E-state index < -0.39 is 49.1 Å². The van der Waals surface area contributed by atoms with Gasteiger partial charge >= 0.3 is 5.97 Å². The minimum Gasteiger partial charge on any atom is -0.468 e. The lowest BCUT2D eigenvalue weighted by Crippen LogP contribution is -2.58. The van der Waals surface area contributed by atoms with Crippen LogP contribution in [0.15, 0.2) is 0 Å². The number of aliphatic hydroxyl groups is 4. The molecule has 1 saturated heterocycles. The fraction of sp³-hybridized carbons (Fsp3) is 0.909. The standard InChI is InChI=1S/C11H21NO7/c1-18-11(17)5(12)2-3-6-8(14)10(16)9(15)7(4-13)19-6/h5-10,13-16H,2-4,12H2,1H3/t5-,6-,7+,8-,9+,10+/m0/s1. The van der Waals surface area contributed by atoms with Crippen molar-refractivity contribution in [2.45, 2.75) is 49.4 Å². The number of aliphatic hydroxyl groups excluding tert-OH is 4. The van der Waals surface area contributed by atoms with Crippen LogP contribution < -0.4 is 5.73 Å². The number of carbonyl (C=O) groups excluding carboxylic acids is 1. The molecule has 0 spiro atoms. The van der Waals surface area contributed by atoms with E-state index in [4.69, 9.17) is 15.6 Å². The summed E-state index contributed by atoms with van der Waals surface area (Å²) in [5.41, 5.74) is 5.55. The summed E-state index contributed by atoms with van der Waals surface area (Å²) in [6, 6.07) is -0.850. The monoisotopic (exact) mass is 279 g/mol. The van der Waals surface area contributed by atoms with Gasteiger partial charge in [0, 0.05) is 0 Å². The molecule has 0 amide bonds. The molecule has 8 nitrogen and oxygen atoms in total. The molecule has 0 saturated carbocycles. The number of methoxy groups -OCH3 is 1. The molecule has 6 N–H and O–H groups in total. The molecule has 1 aliphatic heterocycles. The number of hydrogen-bond acceptors (Lipinski definition) is 8. The van der Waals surface area contributed by atoms with Crippen LogP contribution in [-0.4, -0.2) is 76.7 Å². The summed E-state index contributed by atoms with van der Waals surface area (Å²) >= 11 is 0. The number of carbonyl (C=O) groups is 1. The van der Waals surface area contributed by atoms with Gasteiger partial charge in [-0.05, 0) is 12.8 Å². The number of nitrogens with two attached hydrogens (primary N) is 1. The van der Waals surface area contributed by atoms with Gasteiger partial charge in [-0.1, -0.05) is 0 Å². The van der Waals surface area contributed by atoms with Gasteiger partial charge < -0.3 is 35.6 Å². The minimum absolute atomic E-state index is 0.190. The van der Waals surface area contributed by atoms with Gasteiger partial charge in [0.1, 0.15) is 30.5 Å². The van der Waals surface area contributed by atoms with E-state index in [1.165, 1.54) is 7.11 Å². The zero-order chi connectivity index (χ0) is 14.6. The molecule has 0 aromatic rings. The normalized spacial score (nSPS) is 36.8. The highest BCUT2D eigenvalue weighted by molar-refractivity contribution is 5.75. The maximum absolute atomic E-state index is 11.1. The van der Waals surface area contributed by atoms with Gasteiger partial charge in [0.05, 0.1) is 19.8 Å². The molecule has 0 aromatic heterocycles. The predicted molar refractivity (Wildman–Crippen MR) is 63.0 cm³/mol. The molecule has 19 heavy (non-hydrogen) atoms. The first-order valence-electron chi connectivity index (χ1n) is 6.06. The van der Waals surface area contributed by atoms with Crippen molar-refractivity contribution in [2.24, 2.45) is 5.73 Å². The second-order valence-corrected chi connectivity index (χ2v) is 4.57. The van der Waals surface area contributed by atoms with Gasteiger partial charge in [-0.2, -0.15) is 0 Å². The first-order valence-corrected chi connectivity index (χ1v) is 6.06. The maximum atomic E-state index is 11.1. The Kier molecular flexibility index (Phi) is 6.11. The van der Waals surface area contributed by atoms with Crippen LogP contribution in [0.2, 0.25) is 0 Å². The quantitative estimate of drug-likeness (QED) is 0.337. The summed E-state index contributed by atoms with van der Waals surface area (Å²) in [5.74, 6) is -0.579. The minimum atomic E-state index is -1.41. The van der Waals surface area contributed by atoms with Crippen molar-refractivity contribution in [2.75, 3.05) is 13.7 Å². The van der Waals surface area contributed by atoms with Gasteiger partial charge in [0.25, 0.3) is 0 Å². The van der Waals surface area contributed by atoms with E-state index in [0.29, 0.717) is 0 Å². The van der Waals surface area contributed by atoms with Gasteiger partial charge in [-0.15, -0.1) is 0 Å². The van der Waals surface area contributed by atoms with E-state index in [0.717, 1.165) is 0 Å². The first-order chi connectivity index (χ1) is 8.92. The van der Waals surface area contributed by atoms with Gasteiger partial charge in [0.2, 0.25) is 0 Å². The second kappa shape index (κ2) is 7.13. The number of esters is 1. The lowest BCUT2D eigenvalue weighted by molar-refractivity contribution is -0.230. The van der Waals surface area contributed by atoms with Gasteiger partial charge in [0.15, 0.2) is 0 Å². The smallest absolute Gasteiger partial charge is 0.322 e. The first kappa shape index (κ1) is 16.3. The topological polar surface area (TPSA) is 142 Å². The molecular weight excluding hydrogens is 258 g/mol. The molecule has 0 aliphatic carbocycles. The lowest BCUT2D eigenvalue weighted by atomic mass is 9.92. The third-order valence-corrected chi connectivity index (χ3v) is 3.26. The SMILES string of the molecule is COC(=O)[C@@H](N)CC[C@@H]1O[C@H](CO)[C@@H](O)[C@H](O)[C@H]1O. The Balaban J connectivity index is 2.55. The molecule has 112 valence electrons. The van der Waals surface area contributed by atoms with E-state index in [9.17, 15) is 20.1 Å². The summed E-state index contributed by atoms with van der Waals surface area (Å²) in [7, 11) is 1.22. The fourth-order valence-corrected chi connectivity index (χ4v) is 2.03. The van der Waals surface area contributed by atoms with Crippen molar-refractivity contribution >= 4 is 5.97 Å². The molecule has 6 atom stereocenters. The van der Waals surface area contributed by atoms with Gasteiger partial charge in [-0.25, -0.2) is 0 Å². The highest BCUT2D eigenvalue weighted by Crippen LogP contribution is 2.24.